The molecule has 1 heterocycles. The molecule has 1 aromatic heterocycles. The number of ether oxygens (including phenoxy) is 3. The van der Waals surface area contributed by atoms with Crippen LogP contribution in [0.5, 0.6) is 17.2 Å². The molecule has 154 valence electrons. The number of carbonyl (C=O) groups is 1. The predicted molar refractivity (Wildman–Crippen MR) is 112 cm³/mol. The Balaban J connectivity index is 1.80. The maximum absolute atomic E-state index is 12.9. The number of imidazole rings is 1. The maximum atomic E-state index is 12.9. The first-order valence-corrected chi connectivity index (χ1v) is 9.49. The monoisotopic (exact) mass is 397 g/mol. The van der Waals surface area contributed by atoms with Crippen molar-refractivity contribution in [2.24, 2.45) is 0 Å². The Kier molecular flexibility index (Phi) is 6.26. The van der Waals surface area contributed by atoms with Gasteiger partial charge in [-0.3, -0.25) is 4.79 Å². The third-order valence-corrected chi connectivity index (χ3v) is 4.93. The number of rotatable bonds is 8. The molecule has 0 N–H and O–H groups in total. The summed E-state index contributed by atoms with van der Waals surface area (Å²) in [6.07, 6.45) is 0.222. The van der Waals surface area contributed by atoms with Crippen molar-refractivity contribution in [3.8, 4) is 17.2 Å². The van der Waals surface area contributed by atoms with E-state index in [-0.39, 0.29) is 12.3 Å². The summed E-state index contributed by atoms with van der Waals surface area (Å²) >= 11 is 0. The Morgan fingerprint density at radius 3 is 2.31 bits per heavy atom. The molecule has 0 aliphatic heterocycles. The zero-order chi connectivity index (χ0) is 21.0. The van der Waals surface area contributed by atoms with E-state index in [1.165, 1.54) is 0 Å². The minimum absolute atomic E-state index is 0.0195. The summed E-state index contributed by atoms with van der Waals surface area (Å²) in [6, 6.07) is 11.6. The van der Waals surface area contributed by atoms with Gasteiger partial charge in [0.1, 0.15) is 5.82 Å². The highest BCUT2D eigenvalue weighted by Gasteiger charge is 2.18. The summed E-state index contributed by atoms with van der Waals surface area (Å²) in [7, 11) is 6.47. The molecule has 0 atom stereocenters. The van der Waals surface area contributed by atoms with Gasteiger partial charge in [0.15, 0.2) is 11.5 Å². The van der Waals surface area contributed by atoms with Crippen LogP contribution in [0, 0.1) is 0 Å². The molecule has 1 amide bonds. The van der Waals surface area contributed by atoms with Crippen LogP contribution in [-0.2, 0) is 24.3 Å². The molecule has 0 aliphatic rings. The van der Waals surface area contributed by atoms with Gasteiger partial charge < -0.3 is 23.7 Å². The number of para-hydroxylation sites is 2. The number of methoxy groups -OCH3 is 3. The minimum Gasteiger partial charge on any atom is -0.493 e. The topological polar surface area (TPSA) is 65.8 Å². The molecule has 0 fully saturated rings. The van der Waals surface area contributed by atoms with Gasteiger partial charge in [-0.05, 0) is 36.8 Å². The van der Waals surface area contributed by atoms with Crippen molar-refractivity contribution in [1.29, 1.82) is 0 Å². The van der Waals surface area contributed by atoms with E-state index in [4.69, 9.17) is 19.2 Å². The second-order valence-corrected chi connectivity index (χ2v) is 6.72. The molecule has 3 aromatic rings. The summed E-state index contributed by atoms with van der Waals surface area (Å²) in [5, 5.41) is 0. The molecule has 3 rings (SSSR count). The largest absolute Gasteiger partial charge is 0.493 e. The van der Waals surface area contributed by atoms with Crippen LogP contribution < -0.4 is 14.2 Å². The van der Waals surface area contributed by atoms with Crippen molar-refractivity contribution in [3.05, 3.63) is 47.8 Å². The number of aryl methyl sites for hydroxylation is 1. The Morgan fingerprint density at radius 2 is 1.72 bits per heavy atom. The van der Waals surface area contributed by atoms with Crippen molar-refractivity contribution in [2.45, 2.75) is 26.4 Å². The number of amides is 1. The van der Waals surface area contributed by atoms with E-state index < -0.39 is 0 Å². The van der Waals surface area contributed by atoms with E-state index in [2.05, 4.69) is 11.5 Å². The van der Waals surface area contributed by atoms with E-state index in [0.29, 0.717) is 23.8 Å². The molecule has 0 spiro atoms. The summed E-state index contributed by atoms with van der Waals surface area (Å²) in [5.74, 6) is 2.43. The van der Waals surface area contributed by atoms with Crippen LogP contribution in [-0.4, -0.2) is 48.7 Å². The van der Waals surface area contributed by atoms with E-state index in [9.17, 15) is 4.79 Å². The zero-order valence-corrected chi connectivity index (χ0v) is 17.6. The maximum Gasteiger partial charge on any atom is 0.227 e. The number of hydrogen-bond acceptors (Lipinski definition) is 5. The third-order valence-electron chi connectivity index (χ3n) is 4.93. The fourth-order valence-corrected chi connectivity index (χ4v) is 3.45. The van der Waals surface area contributed by atoms with Gasteiger partial charge in [0.05, 0.1) is 45.3 Å². The van der Waals surface area contributed by atoms with Gasteiger partial charge >= 0.3 is 0 Å². The normalized spacial score (nSPS) is 10.8. The lowest BCUT2D eigenvalue weighted by molar-refractivity contribution is -0.129. The molecule has 7 nitrogen and oxygen atoms in total. The highest BCUT2D eigenvalue weighted by atomic mass is 16.5. The van der Waals surface area contributed by atoms with Crippen LogP contribution >= 0.6 is 0 Å². The van der Waals surface area contributed by atoms with Crippen LogP contribution in [0.3, 0.4) is 0 Å². The summed E-state index contributed by atoms with van der Waals surface area (Å²) in [5.41, 5.74) is 2.81. The quantitative estimate of drug-likeness (QED) is 0.584. The van der Waals surface area contributed by atoms with Gasteiger partial charge in [0.2, 0.25) is 11.7 Å². The second kappa shape index (κ2) is 8.86. The lowest BCUT2D eigenvalue weighted by Gasteiger charge is -2.19. The fourth-order valence-electron chi connectivity index (χ4n) is 3.45. The number of likely N-dealkylation sites (N-methyl/N-ethyl adjacent to an activating group) is 1. The first-order chi connectivity index (χ1) is 14.0. The average molecular weight is 397 g/mol. The van der Waals surface area contributed by atoms with Gasteiger partial charge in [-0.1, -0.05) is 12.1 Å². The molecule has 0 aliphatic carbocycles. The number of benzene rings is 2. The molecular formula is C22H27N3O4. The first-order valence-electron chi connectivity index (χ1n) is 9.49. The zero-order valence-electron chi connectivity index (χ0n) is 17.6. The summed E-state index contributed by atoms with van der Waals surface area (Å²) < 4.78 is 18.2. The van der Waals surface area contributed by atoms with Gasteiger partial charge in [-0.15, -0.1) is 0 Å². The van der Waals surface area contributed by atoms with E-state index >= 15 is 0 Å². The average Bonchev–Trinajstić information content (AvgIpc) is 3.09. The van der Waals surface area contributed by atoms with Crippen molar-refractivity contribution < 1.29 is 19.0 Å². The molecule has 0 saturated carbocycles. The first kappa shape index (κ1) is 20.5. The smallest absolute Gasteiger partial charge is 0.227 e. The van der Waals surface area contributed by atoms with Crippen molar-refractivity contribution in [1.82, 2.24) is 14.5 Å². The van der Waals surface area contributed by atoms with Crippen LogP contribution in [0.2, 0.25) is 0 Å². The van der Waals surface area contributed by atoms with E-state index in [1.54, 1.807) is 45.4 Å². The van der Waals surface area contributed by atoms with E-state index in [0.717, 1.165) is 29.0 Å². The standard InChI is InChI=1S/C22H27N3O4/c1-6-25-17-10-8-7-9-16(17)23-20(25)14-24(2)21(26)13-15-11-18(27-3)22(29-5)19(12-15)28-4/h7-12H,6,13-14H2,1-5H3. The lowest BCUT2D eigenvalue weighted by atomic mass is 10.1. The van der Waals surface area contributed by atoms with Crippen LogP contribution in [0.4, 0.5) is 0 Å². The molecule has 0 radical (unpaired) electrons. The minimum atomic E-state index is -0.0195. The van der Waals surface area contributed by atoms with Crippen molar-refractivity contribution in [2.75, 3.05) is 28.4 Å². The van der Waals surface area contributed by atoms with Gasteiger partial charge in [0, 0.05) is 13.6 Å². The highest BCUT2D eigenvalue weighted by molar-refractivity contribution is 5.79. The third kappa shape index (κ3) is 4.13. The fraction of sp³-hybridized carbons (Fsp3) is 0.364. The Morgan fingerprint density at radius 1 is 1.07 bits per heavy atom. The summed E-state index contributed by atoms with van der Waals surface area (Å²) in [6.45, 7) is 3.31. The molecule has 0 saturated heterocycles. The molecule has 0 unspecified atom stereocenters. The Hall–Kier alpha value is -3.22. The van der Waals surface area contributed by atoms with E-state index in [1.807, 2.05) is 24.3 Å². The number of carbonyl (C=O) groups excluding carboxylic acids is 1. The highest BCUT2D eigenvalue weighted by Crippen LogP contribution is 2.38. The lowest BCUT2D eigenvalue weighted by Crippen LogP contribution is -2.29. The van der Waals surface area contributed by atoms with Gasteiger partial charge in [0.25, 0.3) is 0 Å². The van der Waals surface area contributed by atoms with Crippen LogP contribution in [0.1, 0.15) is 18.3 Å². The van der Waals surface area contributed by atoms with Gasteiger partial charge in [-0.2, -0.15) is 0 Å². The second-order valence-electron chi connectivity index (χ2n) is 6.72. The van der Waals surface area contributed by atoms with Crippen molar-refractivity contribution >= 4 is 16.9 Å². The predicted octanol–water partition coefficient (Wildman–Crippen LogP) is 3.28. The molecule has 2 aromatic carbocycles. The molecule has 7 heteroatoms. The molecule has 29 heavy (non-hydrogen) atoms. The number of fused-ring (bicyclic) bond motifs is 1. The molecular weight excluding hydrogens is 370 g/mol. The SMILES string of the molecule is CCn1c(CN(C)C(=O)Cc2cc(OC)c(OC)c(OC)c2)nc2ccccc21. The number of nitrogens with zero attached hydrogens (tertiary/aromatic N) is 3. The number of hydrogen-bond donors (Lipinski definition) is 0. The Labute approximate surface area is 170 Å². The van der Waals surface area contributed by atoms with Gasteiger partial charge in [-0.25, -0.2) is 4.98 Å². The Bertz CT molecular complexity index is 987. The number of aromatic nitrogens is 2. The van der Waals surface area contributed by atoms with Crippen LogP contribution in [0.25, 0.3) is 11.0 Å². The van der Waals surface area contributed by atoms with Crippen LogP contribution in [0.15, 0.2) is 36.4 Å². The summed E-state index contributed by atoms with van der Waals surface area (Å²) in [4.78, 5) is 19.3. The van der Waals surface area contributed by atoms with Crippen molar-refractivity contribution in [3.63, 3.8) is 0 Å². The molecule has 0 bridgehead atoms.